The molecule has 0 fully saturated rings. The SMILES string of the molecule is COc1ccc2c(c1)N(c1cccc(C(F)(F)F)c1)C(CCCl)CO2. The number of halogens is 4. The van der Waals surface area contributed by atoms with Crippen LogP contribution in [0.15, 0.2) is 42.5 Å². The minimum absolute atomic E-state index is 0.166. The van der Waals surface area contributed by atoms with E-state index in [0.717, 1.165) is 12.1 Å². The molecule has 1 heterocycles. The van der Waals surface area contributed by atoms with Crippen molar-refractivity contribution in [3.63, 3.8) is 0 Å². The first-order valence-corrected chi connectivity index (χ1v) is 8.31. The van der Waals surface area contributed by atoms with Gasteiger partial charge in [-0.2, -0.15) is 13.2 Å². The molecule has 134 valence electrons. The highest BCUT2D eigenvalue weighted by Crippen LogP contribution is 2.43. The lowest BCUT2D eigenvalue weighted by molar-refractivity contribution is -0.137. The van der Waals surface area contributed by atoms with E-state index in [1.165, 1.54) is 13.2 Å². The summed E-state index contributed by atoms with van der Waals surface area (Å²) in [4.78, 5) is 1.85. The van der Waals surface area contributed by atoms with Gasteiger partial charge in [0.25, 0.3) is 0 Å². The molecule has 2 aromatic rings. The summed E-state index contributed by atoms with van der Waals surface area (Å²) in [6, 6.07) is 10.4. The quantitative estimate of drug-likeness (QED) is 0.686. The third-order valence-electron chi connectivity index (χ3n) is 4.12. The molecule has 1 aliphatic rings. The summed E-state index contributed by atoms with van der Waals surface area (Å²) in [6.07, 6.45) is -3.82. The molecule has 0 saturated carbocycles. The lowest BCUT2D eigenvalue weighted by Gasteiger charge is -2.39. The van der Waals surface area contributed by atoms with Gasteiger partial charge in [0.05, 0.1) is 24.4 Å². The minimum Gasteiger partial charge on any atom is -0.497 e. The van der Waals surface area contributed by atoms with Crippen LogP contribution in [0.3, 0.4) is 0 Å². The van der Waals surface area contributed by atoms with Crippen LogP contribution in [0.1, 0.15) is 12.0 Å². The third-order valence-corrected chi connectivity index (χ3v) is 4.33. The van der Waals surface area contributed by atoms with Crippen molar-refractivity contribution in [3.05, 3.63) is 48.0 Å². The van der Waals surface area contributed by atoms with Gasteiger partial charge < -0.3 is 14.4 Å². The smallest absolute Gasteiger partial charge is 0.416 e. The molecule has 0 radical (unpaired) electrons. The van der Waals surface area contributed by atoms with Crippen molar-refractivity contribution in [2.75, 3.05) is 24.5 Å². The molecule has 1 atom stereocenters. The largest absolute Gasteiger partial charge is 0.497 e. The van der Waals surface area contributed by atoms with Crippen LogP contribution in [0.4, 0.5) is 24.5 Å². The van der Waals surface area contributed by atoms with Crippen LogP contribution in [0.5, 0.6) is 11.5 Å². The summed E-state index contributed by atoms with van der Waals surface area (Å²) in [6.45, 7) is 0.349. The van der Waals surface area contributed by atoms with E-state index < -0.39 is 11.7 Å². The number of hydrogen-bond acceptors (Lipinski definition) is 3. The van der Waals surface area contributed by atoms with Crippen molar-refractivity contribution >= 4 is 23.0 Å². The van der Waals surface area contributed by atoms with E-state index in [0.29, 0.717) is 41.8 Å². The van der Waals surface area contributed by atoms with Gasteiger partial charge in [0, 0.05) is 17.6 Å². The molecule has 0 bridgehead atoms. The highest BCUT2D eigenvalue weighted by Gasteiger charge is 2.33. The summed E-state index contributed by atoms with van der Waals surface area (Å²) in [5.41, 5.74) is 0.424. The Morgan fingerprint density at radius 2 is 2.04 bits per heavy atom. The van der Waals surface area contributed by atoms with Crippen LogP contribution in [-0.2, 0) is 6.18 Å². The second kappa shape index (κ2) is 7.04. The molecule has 0 N–H and O–H groups in total. The first-order valence-electron chi connectivity index (χ1n) is 7.77. The Hall–Kier alpha value is -2.08. The van der Waals surface area contributed by atoms with Crippen LogP contribution in [0.2, 0.25) is 0 Å². The predicted molar refractivity (Wildman–Crippen MR) is 91.2 cm³/mol. The summed E-state index contributed by atoms with van der Waals surface area (Å²) in [5.74, 6) is 1.58. The Balaban J connectivity index is 2.10. The summed E-state index contributed by atoms with van der Waals surface area (Å²) < 4.78 is 50.3. The summed E-state index contributed by atoms with van der Waals surface area (Å²) in [7, 11) is 1.54. The average molecular weight is 372 g/mol. The van der Waals surface area contributed by atoms with Gasteiger partial charge in [-0.05, 0) is 36.8 Å². The zero-order chi connectivity index (χ0) is 18.0. The molecule has 0 spiro atoms. The van der Waals surface area contributed by atoms with Gasteiger partial charge in [-0.25, -0.2) is 0 Å². The van der Waals surface area contributed by atoms with Gasteiger partial charge >= 0.3 is 6.18 Å². The molecule has 1 aliphatic heterocycles. The monoisotopic (exact) mass is 371 g/mol. The molecule has 0 aliphatic carbocycles. The molecule has 2 aromatic carbocycles. The van der Waals surface area contributed by atoms with Gasteiger partial charge in [0.1, 0.15) is 18.1 Å². The highest BCUT2D eigenvalue weighted by molar-refractivity contribution is 6.17. The van der Waals surface area contributed by atoms with Crippen molar-refractivity contribution in [2.45, 2.75) is 18.6 Å². The summed E-state index contributed by atoms with van der Waals surface area (Å²) >= 11 is 5.89. The molecule has 3 nitrogen and oxygen atoms in total. The van der Waals surface area contributed by atoms with Crippen molar-refractivity contribution in [3.8, 4) is 11.5 Å². The van der Waals surface area contributed by atoms with E-state index in [2.05, 4.69) is 0 Å². The fourth-order valence-electron chi connectivity index (χ4n) is 2.91. The van der Waals surface area contributed by atoms with Gasteiger partial charge in [-0.3, -0.25) is 0 Å². The maximum atomic E-state index is 13.1. The zero-order valence-corrected chi connectivity index (χ0v) is 14.3. The maximum Gasteiger partial charge on any atom is 0.416 e. The molecule has 1 unspecified atom stereocenters. The molecule has 25 heavy (non-hydrogen) atoms. The number of anilines is 2. The van der Waals surface area contributed by atoms with Gasteiger partial charge in [-0.15, -0.1) is 11.6 Å². The van der Waals surface area contributed by atoms with Crippen LogP contribution in [0.25, 0.3) is 0 Å². The number of hydrogen-bond donors (Lipinski definition) is 0. The lowest BCUT2D eigenvalue weighted by atomic mass is 10.1. The number of nitrogens with zero attached hydrogens (tertiary/aromatic N) is 1. The molecule has 3 rings (SSSR count). The van der Waals surface area contributed by atoms with Crippen molar-refractivity contribution in [1.29, 1.82) is 0 Å². The van der Waals surface area contributed by atoms with E-state index in [4.69, 9.17) is 21.1 Å². The second-order valence-electron chi connectivity index (χ2n) is 5.69. The molecule has 7 heteroatoms. The van der Waals surface area contributed by atoms with E-state index >= 15 is 0 Å². The van der Waals surface area contributed by atoms with Crippen LogP contribution >= 0.6 is 11.6 Å². The molecule has 0 saturated heterocycles. The normalized spacial score (nSPS) is 17.0. The minimum atomic E-state index is -4.40. The number of rotatable bonds is 4. The Morgan fingerprint density at radius 1 is 1.24 bits per heavy atom. The van der Waals surface area contributed by atoms with Gasteiger partial charge in [-0.1, -0.05) is 6.07 Å². The maximum absolute atomic E-state index is 13.1. The van der Waals surface area contributed by atoms with E-state index in [9.17, 15) is 13.2 Å². The zero-order valence-electron chi connectivity index (χ0n) is 13.5. The molecule has 0 aromatic heterocycles. The average Bonchev–Trinajstić information content (AvgIpc) is 2.60. The Kier molecular flexibility index (Phi) is 4.99. The fourth-order valence-corrected chi connectivity index (χ4v) is 3.16. The Morgan fingerprint density at radius 3 is 2.72 bits per heavy atom. The van der Waals surface area contributed by atoms with Gasteiger partial charge in [0.2, 0.25) is 0 Å². The number of methoxy groups -OCH3 is 1. The lowest BCUT2D eigenvalue weighted by Crippen LogP contribution is -2.40. The van der Waals surface area contributed by atoms with Gasteiger partial charge in [0.15, 0.2) is 0 Å². The van der Waals surface area contributed by atoms with Crippen LogP contribution in [-0.4, -0.2) is 25.6 Å². The van der Waals surface area contributed by atoms with E-state index in [1.54, 1.807) is 24.3 Å². The predicted octanol–water partition coefficient (Wildman–Crippen LogP) is 5.24. The molecular weight excluding hydrogens is 355 g/mol. The number of fused-ring (bicyclic) bond motifs is 1. The first kappa shape index (κ1) is 17.7. The number of ether oxygens (including phenoxy) is 2. The fraction of sp³-hybridized carbons (Fsp3) is 0.333. The molecular formula is C18H17ClF3NO2. The number of benzene rings is 2. The van der Waals surface area contributed by atoms with Crippen molar-refractivity contribution in [1.82, 2.24) is 0 Å². The van der Waals surface area contributed by atoms with Crippen LogP contribution in [0, 0.1) is 0 Å². The Bertz CT molecular complexity index is 751. The number of alkyl halides is 4. The molecule has 0 amide bonds. The third kappa shape index (κ3) is 3.63. The van der Waals surface area contributed by atoms with Crippen LogP contribution < -0.4 is 14.4 Å². The highest BCUT2D eigenvalue weighted by atomic mass is 35.5. The second-order valence-corrected chi connectivity index (χ2v) is 6.07. The first-order chi connectivity index (χ1) is 11.9. The standard InChI is InChI=1S/C18H17ClF3NO2/c1-24-15-5-6-17-16(10-15)23(14(7-8-19)11-25-17)13-4-2-3-12(9-13)18(20,21)22/h2-6,9-10,14H,7-8,11H2,1H3. The topological polar surface area (TPSA) is 21.7 Å². The van der Waals surface area contributed by atoms with E-state index in [-0.39, 0.29) is 6.04 Å². The summed E-state index contributed by atoms with van der Waals surface area (Å²) in [5, 5.41) is 0. The van der Waals surface area contributed by atoms with Crippen molar-refractivity contribution < 1.29 is 22.6 Å². The van der Waals surface area contributed by atoms with Crippen molar-refractivity contribution in [2.24, 2.45) is 0 Å². The van der Waals surface area contributed by atoms with E-state index in [1.807, 2.05) is 4.90 Å². The Labute approximate surface area is 148 Å².